The molecule has 4 nitrogen and oxygen atoms in total. The van der Waals surface area contributed by atoms with Crippen molar-refractivity contribution in [1.82, 2.24) is 0 Å². The first-order valence-electron chi connectivity index (χ1n) is 6.68. The maximum Gasteiger partial charge on any atom is 0.346 e. The minimum absolute atomic E-state index is 0.0240. The van der Waals surface area contributed by atoms with Crippen LogP contribution in [0.1, 0.15) is 42.5 Å². The lowest BCUT2D eigenvalue weighted by Crippen LogP contribution is -2.21. The second kappa shape index (κ2) is 6.45. The Bertz CT molecular complexity index is 414. The summed E-state index contributed by atoms with van der Waals surface area (Å²) in [5.74, 6) is 0.613. The van der Waals surface area contributed by atoms with Crippen LogP contribution >= 0.6 is 0 Å². The zero-order valence-corrected chi connectivity index (χ0v) is 11.5. The van der Waals surface area contributed by atoms with Gasteiger partial charge in [-0.3, -0.25) is 0 Å². The predicted octanol–water partition coefficient (Wildman–Crippen LogP) is 3.19. The fourth-order valence-corrected chi connectivity index (χ4v) is 2.45. The molecule has 1 aliphatic rings. The molecule has 0 saturated heterocycles. The van der Waals surface area contributed by atoms with Gasteiger partial charge in [0.25, 0.3) is 0 Å². The van der Waals surface area contributed by atoms with E-state index in [0.29, 0.717) is 17.1 Å². The number of esters is 1. The summed E-state index contributed by atoms with van der Waals surface area (Å²) >= 11 is 0. The highest BCUT2D eigenvalue weighted by Gasteiger charge is 2.24. The van der Waals surface area contributed by atoms with Gasteiger partial charge in [0.1, 0.15) is 23.2 Å². The Kier molecular flexibility index (Phi) is 4.66. The molecule has 4 heteroatoms. The molecular weight excluding hydrogens is 244 g/mol. The number of benzene rings is 1. The van der Waals surface area contributed by atoms with E-state index in [1.54, 1.807) is 18.2 Å². The quantitative estimate of drug-likeness (QED) is 0.783. The molecule has 0 spiro atoms. The smallest absolute Gasteiger partial charge is 0.346 e. The highest BCUT2D eigenvalue weighted by molar-refractivity contribution is 5.95. The minimum Gasteiger partial charge on any atom is -0.496 e. The van der Waals surface area contributed by atoms with E-state index in [1.165, 1.54) is 20.6 Å². The Morgan fingerprint density at radius 2 is 1.63 bits per heavy atom. The van der Waals surface area contributed by atoms with Gasteiger partial charge in [-0.25, -0.2) is 4.79 Å². The summed E-state index contributed by atoms with van der Waals surface area (Å²) < 4.78 is 16.0. The topological polar surface area (TPSA) is 44.8 Å². The van der Waals surface area contributed by atoms with Crippen LogP contribution in [0.15, 0.2) is 18.2 Å². The molecule has 1 aliphatic carbocycles. The van der Waals surface area contributed by atoms with E-state index in [2.05, 4.69) is 0 Å². The van der Waals surface area contributed by atoms with E-state index >= 15 is 0 Å². The van der Waals surface area contributed by atoms with Gasteiger partial charge in [0.05, 0.1) is 14.2 Å². The van der Waals surface area contributed by atoms with E-state index in [9.17, 15) is 4.79 Å². The van der Waals surface area contributed by atoms with Crippen LogP contribution in [0, 0.1) is 0 Å². The first-order valence-corrected chi connectivity index (χ1v) is 6.68. The third-order valence-electron chi connectivity index (χ3n) is 3.46. The van der Waals surface area contributed by atoms with Crippen LogP contribution in [0.2, 0.25) is 0 Å². The summed E-state index contributed by atoms with van der Waals surface area (Å²) in [6, 6.07) is 5.26. The van der Waals surface area contributed by atoms with Crippen LogP contribution < -0.4 is 9.47 Å². The predicted molar refractivity (Wildman–Crippen MR) is 71.8 cm³/mol. The monoisotopic (exact) mass is 264 g/mol. The maximum absolute atomic E-state index is 12.3. The van der Waals surface area contributed by atoms with Crippen molar-refractivity contribution in [2.24, 2.45) is 0 Å². The SMILES string of the molecule is COc1cccc(OC)c1C(=O)OC1CCCCC1. The van der Waals surface area contributed by atoms with Crippen molar-refractivity contribution in [3.63, 3.8) is 0 Å². The van der Waals surface area contributed by atoms with Gasteiger partial charge in [0.15, 0.2) is 0 Å². The zero-order chi connectivity index (χ0) is 13.7. The van der Waals surface area contributed by atoms with E-state index in [1.807, 2.05) is 0 Å². The molecular formula is C15H20O4. The normalized spacial score (nSPS) is 15.9. The third kappa shape index (κ3) is 3.19. The molecule has 2 rings (SSSR count). The molecule has 1 aromatic carbocycles. The molecule has 1 saturated carbocycles. The number of methoxy groups -OCH3 is 2. The molecule has 0 amide bonds. The van der Waals surface area contributed by atoms with Gasteiger partial charge in [-0.05, 0) is 37.8 Å². The van der Waals surface area contributed by atoms with Crippen molar-refractivity contribution < 1.29 is 19.0 Å². The number of hydrogen-bond acceptors (Lipinski definition) is 4. The molecule has 0 radical (unpaired) electrons. The molecule has 0 atom stereocenters. The molecule has 0 unspecified atom stereocenters. The number of ether oxygens (including phenoxy) is 3. The molecule has 1 aromatic rings. The Hall–Kier alpha value is -1.71. The van der Waals surface area contributed by atoms with Crippen molar-refractivity contribution in [2.75, 3.05) is 14.2 Å². The highest BCUT2D eigenvalue weighted by atomic mass is 16.5. The Labute approximate surface area is 113 Å². The van der Waals surface area contributed by atoms with Gasteiger partial charge in [0.2, 0.25) is 0 Å². The van der Waals surface area contributed by atoms with Crippen molar-refractivity contribution in [2.45, 2.75) is 38.2 Å². The maximum atomic E-state index is 12.3. The van der Waals surface area contributed by atoms with Crippen LogP contribution in [0.5, 0.6) is 11.5 Å². The fourth-order valence-electron chi connectivity index (χ4n) is 2.45. The summed E-state index contributed by atoms with van der Waals surface area (Å²) in [5.41, 5.74) is 0.373. The number of hydrogen-bond donors (Lipinski definition) is 0. The molecule has 0 N–H and O–H groups in total. The fraction of sp³-hybridized carbons (Fsp3) is 0.533. The Morgan fingerprint density at radius 1 is 1.05 bits per heavy atom. The highest BCUT2D eigenvalue weighted by Crippen LogP contribution is 2.30. The Morgan fingerprint density at radius 3 is 2.16 bits per heavy atom. The van der Waals surface area contributed by atoms with Gasteiger partial charge in [-0.1, -0.05) is 12.5 Å². The minimum atomic E-state index is -0.360. The van der Waals surface area contributed by atoms with E-state index in [0.717, 1.165) is 25.7 Å². The lowest BCUT2D eigenvalue weighted by Gasteiger charge is -2.22. The van der Waals surface area contributed by atoms with Crippen molar-refractivity contribution in [3.8, 4) is 11.5 Å². The molecule has 0 aliphatic heterocycles. The summed E-state index contributed by atoms with van der Waals surface area (Å²) in [4.78, 5) is 12.3. The largest absolute Gasteiger partial charge is 0.496 e. The van der Waals surface area contributed by atoms with Gasteiger partial charge in [-0.15, -0.1) is 0 Å². The van der Waals surface area contributed by atoms with Gasteiger partial charge in [-0.2, -0.15) is 0 Å². The van der Waals surface area contributed by atoms with Gasteiger partial charge < -0.3 is 14.2 Å². The van der Waals surface area contributed by atoms with Crippen LogP contribution in [-0.4, -0.2) is 26.3 Å². The molecule has 0 aromatic heterocycles. The lowest BCUT2D eigenvalue weighted by atomic mass is 9.98. The lowest BCUT2D eigenvalue weighted by molar-refractivity contribution is 0.0204. The second-order valence-electron chi connectivity index (χ2n) is 4.70. The molecule has 0 heterocycles. The van der Waals surface area contributed by atoms with Gasteiger partial charge >= 0.3 is 5.97 Å². The zero-order valence-electron chi connectivity index (χ0n) is 11.5. The second-order valence-corrected chi connectivity index (χ2v) is 4.70. The van der Waals surface area contributed by atoms with Crippen LogP contribution in [0.4, 0.5) is 0 Å². The van der Waals surface area contributed by atoms with E-state index in [-0.39, 0.29) is 12.1 Å². The van der Waals surface area contributed by atoms with Crippen molar-refractivity contribution >= 4 is 5.97 Å². The number of carbonyl (C=O) groups excluding carboxylic acids is 1. The van der Waals surface area contributed by atoms with Crippen LogP contribution in [-0.2, 0) is 4.74 Å². The molecule has 1 fully saturated rings. The standard InChI is InChI=1S/C15H20O4/c1-17-12-9-6-10-13(18-2)14(12)15(16)19-11-7-4-3-5-8-11/h6,9-11H,3-5,7-8H2,1-2H3. The number of carbonyl (C=O) groups is 1. The van der Waals surface area contributed by atoms with Crippen LogP contribution in [0.25, 0.3) is 0 Å². The van der Waals surface area contributed by atoms with Crippen LogP contribution in [0.3, 0.4) is 0 Å². The van der Waals surface area contributed by atoms with Gasteiger partial charge in [0, 0.05) is 0 Å². The summed E-state index contributed by atoms with van der Waals surface area (Å²) in [6.45, 7) is 0. The molecule has 104 valence electrons. The third-order valence-corrected chi connectivity index (χ3v) is 3.46. The van der Waals surface area contributed by atoms with E-state index < -0.39 is 0 Å². The first kappa shape index (κ1) is 13.7. The number of rotatable bonds is 4. The molecule has 19 heavy (non-hydrogen) atoms. The van der Waals surface area contributed by atoms with Crippen molar-refractivity contribution in [1.29, 1.82) is 0 Å². The van der Waals surface area contributed by atoms with Crippen molar-refractivity contribution in [3.05, 3.63) is 23.8 Å². The summed E-state index contributed by atoms with van der Waals surface area (Å²) in [7, 11) is 3.07. The average Bonchev–Trinajstić information content (AvgIpc) is 2.47. The van der Waals surface area contributed by atoms with E-state index in [4.69, 9.17) is 14.2 Å². The average molecular weight is 264 g/mol. The summed E-state index contributed by atoms with van der Waals surface area (Å²) in [6.07, 6.45) is 5.40. The Balaban J connectivity index is 2.17. The molecule has 0 bridgehead atoms. The first-order chi connectivity index (χ1) is 9.26. The summed E-state index contributed by atoms with van der Waals surface area (Å²) in [5, 5.41) is 0.